The first-order chi connectivity index (χ1) is 11.0. The van der Waals surface area contributed by atoms with Crippen LogP contribution in [0.3, 0.4) is 0 Å². The SMILES string of the molecule is O=C(O)c1cccc(N2CCC(n3ccc([N+](=O)[O-])n3)CC2)n1. The van der Waals surface area contributed by atoms with E-state index in [-0.39, 0.29) is 17.6 Å². The normalized spacial score (nSPS) is 15.6. The monoisotopic (exact) mass is 317 g/mol. The number of aromatic carboxylic acids is 1. The first-order valence-electron chi connectivity index (χ1n) is 7.19. The number of nitro groups is 1. The molecule has 1 aliphatic heterocycles. The van der Waals surface area contributed by atoms with Gasteiger partial charge in [0, 0.05) is 13.1 Å². The maximum atomic E-state index is 11.0. The topological polar surface area (TPSA) is 114 Å². The van der Waals surface area contributed by atoms with Crippen LogP contribution < -0.4 is 4.90 Å². The second kappa shape index (κ2) is 6.03. The predicted octanol–water partition coefficient (Wildman–Crippen LogP) is 1.73. The van der Waals surface area contributed by atoms with Crippen LogP contribution in [0.2, 0.25) is 0 Å². The van der Waals surface area contributed by atoms with Crippen molar-refractivity contribution in [3.8, 4) is 0 Å². The van der Waals surface area contributed by atoms with Crippen molar-refractivity contribution in [1.29, 1.82) is 0 Å². The number of carboxylic acid groups (broad SMARTS) is 1. The molecule has 3 rings (SSSR count). The van der Waals surface area contributed by atoms with Crippen LogP contribution in [0.25, 0.3) is 0 Å². The molecular weight excluding hydrogens is 302 g/mol. The summed E-state index contributed by atoms with van der Waals surface area (Å²) in [5.41, 5.74) is 0.0207. The van der Waals surface area contributed by atoms with E-state index in [9.17, 15) is 14.9 Å². The zero-order valence-corrected chi connectivity index (χ0v) is 12.2. The molecule has 1 aliphatic rings. The van der Waals surface area contributed by atoms with Gasteiger partial charge in [-0.25, -0.2) is 9.78 Å². The molecule has 1 saturated heterocycles. The molecule has 0 radical (unpaired) electrons. The van der Waals surface area contributed by atoms with Gasteiger partial charge in [0.2, 0.25) is 0 Å². The van der Waals surface area contributed by atoms with E-state index in [1.165, 1.54) is 12.1 Å². The number of hydrogen-bond donors (Lipinski definition) is 1. The van der Waals surface area contributed by atoms with E-state index >= 15 is 0 Å². The Bertz CT molecular complexity index is 736. The number of rotatable bonds is 4. The minimum Gasteiger partial charge on any atom is -0.477 e. The zero-order valence-electron chi connectivity index (χ0n) is 12.2. The molecule has 0 bridgehead atoms. The zero-order chi connectivity index (χ0) is 16.4. The van der Waals surface area contributed by atoms with Gasteiger partial charge in [-0.2, -0.15) is 4.68 Å². The second-order valence-electron chi connectivity index (χ2n) is 5.32. The average Bonchev–Trinajstić information content (AvgIpc) is 3.05. The molecule has 0 amide bonds. The minimum absolute atomic E-state index is 0.0207. The Morgan fingerprint density at radius 1 is 1.30 bits per heavy atom. The van der Waals surface area contributed by atoms with Gasteiger partial charge in [-0.3, -0.25) is 0 Å². The molecule has 0 spiro atoms. The van der Waals surface area contributed by atoms with E-state index in [2.05, 4.69) is 10.1 Å². The van der Waals surface area contributed by atoms with E-state index in [0.717, 1.165) is 12.8 Å². The molecule has 1 fully saturated rings. The fourth-order valence-electron chi connectivity index (χ4n) is 2.71. The maximum absolute atomic E-state index is 11.0. The summed E-state index contributed by atoms with van der Waals surface area (Å²) in [6.45, 7) is 1.38. The number of carbonyl (C=O) groups is 1. The highest BCUT2D eigenvalue weighted by Crippen LogP contribution is 2.26. The Morgan fingerprint density at radius 2 is 2.04 bits per heavy atom. The average molecular weight is 317 g/mol. The van der Waals surface area contributed by atoms with Gasteiger partial charge in [-0.05, 0) is 29.9 Å². The first kappa shape index (κ1) is 14.9. The van der Waals surface area contributed by atoms with Gasteiger partial charge < -0.3 is 20.1 Å². The summed E-state index contributed by atoms with van der Waals surface area (Å²) < 4.78 is 1.64. The third kappa shape index (κ3) is 3.12. The van der Waals surface area contributed by atoms with Crippen molar-refractivity contribution < 1.29 is 14.8 Å². The molecule has 2 aromatic rings. The van der Waals surface area contributed by atoms with Crippen LogP contribution in [0.4, 0.5) is 11.6 Å². The van der Waals surface area contributed by atoms with Gasteiger partial charge in [0.15, 0.2) is 5.69 Å². The van der Waals surface area contributed by atoms with Gasteiger partial charge in [0.1, 0.15) is 5.82 Å². The molecule has 0 aliphatic carbocycles. The van der Waals surface area contributed by atoms with Gasteiger partial charge in [0.25, 0.3) is 0 Å². The van der Waals surface area contributed by atoms with Gasteiger partial charge >= 0.3 is 11.8 Å². The fourth-order valence-corrected chi connectivity index (χ4v) is 2.71. The van der Waals surface area contributed by atoms with Crippen molar-refractivity contribution in [3.63, 3.8) is 0 Å². The minimum atomic E-state index is -1.05. The van der Waals surface area contributed by atoms with Crippen molar-refractivity contribution in [2.75, 3.05) is 18.0 Å². The molecule has 120 valence electrons. The Balaban J connectivity index is 1.67. The van der Waals surface area contributed by atoms with Crippen LogP contribution in [0.15, 0.2) is 30.5 Å². The standard InChI is InChI=1S/C14H15N5O4/c20-14(21)11-2-1-3-12(15-11)17-7-4-10(5-8-17)18-9-6-13(16-18)19(22)23/h1-3,6,9-10H,4-5,7-8H2,(H,20,21). The lowest BCUT2D eigenvalue weighted by Crippen LogP contribution is -2.35. The highest BCUT2D eigenvalue weighted by Gasteiger charge is 2.25. The smallest absolute Gasteiger partial charge is 0.389 e. The lowest BCUT2D eigenvalue weighted by Gasteiger charge is -2.31. The lowest BCUT2D eigenvalue weighted by molar-refractivity contribution is -0.389. The third-order valence-corrected chi connectivity index (χ3v) is 3.90. The maximum Gasteiger partial charge on any atom is 0.389 e. The molecule has 0 unspecified atom stereocenters. The predicted molar refractivity (Wildman–Crippen MR) is 80.6 cm³/mol. The number of piperidine rings is 1. The van der Waals surface area contributed by atoms with Crippen LogP contribution in [-0.2, 0) is 0 Å². The van der Waals surface area contributed by atoms with Crippen molar-refractivity contribution in [3.05, 3.63) is 46.3 Å². The Labute approximate surface area is 131 Å². The lowest BCUT2D eigenvalue weighted by atomic mass is 10.1. The van der Waals surface area contributed by atoms with Crippen LogP contribution >= 0.6 is 0 Å². The second-order valence-corrected chi connectivity index (χ2v) is 5.32. The van der Waals surface area contributed by atoms with E-state index < -0.39 is 10.9 Å². The number of hydrogen-bond acceptors (Lipinski definition) is 6. The number of anilines is 1. The largest absolute Gasteiger partial charge is 0.477 e. The molecule has 3 heterocycles. The summed E-state index contributed by atoms with van der Waals surface area (Å²) in [6, 6.07) is 6.41. The number of carboxylic acids is 1. The number of nitrogens with zero attached hydrogens (tertiary/aromatic N) is 5. The third-order valence-electron chi connectivity index (χ3n) is 3.90. The van der Waals surface area contributed by atoms with Crippen LogP contribution in [0.5, 0.6) is 0 Å². The van der Waals surface area contributed by atoms with Gasteiger partial charge in [-0.1, -0.05) is 6.07 Å². The Hall–Kier alpha value is -2.97. The van der Waals surface area contributed by atoms with Crippen molar-refractivity contribution in [2.45, 2.75) is 18.9 Å². The number of aromatic nitrogens is 3. The van der Waals surface area contributed by atoms with E-state index in [0.29, 0.717) is 18.9 Å². The van der Waals surface area contributed by atoms with Gasteiger partial charge in [-0.15, -0.1) is 0 Å². The van der Waals surface area contributed by atoms with Crippen LogP contribution in [0.1, 0.15) is 29.4 Å². The summed E-state index contributed by atoms with van der Waals surface area (Å²) in [5.74, 6) is -0.566. The molecule has 23 heavy (non-hydrogen) atoms. The molecule has 0 atom stereocenters. The molecule has 0 aromatic carbocycles. The van der Waals surface area contributed by atoms with Crippen molar-refractivity contribution in [1.82, 2.24) is 14.8 Å². The summed E-state index contributed by atoms with van der Waals surface area (Å²) in [7, 11) is 0. The highest BCUT2D eigenvalue weighted by atomic mass is 16.6. The molecule has 9 nitrogen and oxygen atoms in total. The molecular formula is C14H15N5O4. The summed E-state index contributed by atoms with van der Waals surface area (Å²) in [5, 5.41) is 23.7. The quantitative estimate of drug-likeness (QED) is 0.674. The van der Waals surface area contributed by atoms with Crippen LogP contribution in [0, 0.1) is 10.1 Å². The Morgan fingerprint density at radius 3 is 2.65 bits per heavy atom. The summed E-state index contributed by atoms with van der Waals surface area (Å²) >= 11 is 0. The van der Waals surface area contributed by atoms with Crippen molar-refractivity contribution in [2.24, 2.45) is 0 Å². The molecule has 0 saturated carbocycles. The van der Waals surface area contributed by atoms with Crippen molar-refractivity contribution >= 4 is 17.6 Å². The van der Waals surface area contributed by atoms with E-state index in [4.69, 9.17) is 5.11 Å². The van der Waals surface area contributed by atoms with Gasteiger partial charge in [0.05, 0.1) is 23.4 Å². The van der Waals surface area contributed by atoms with E-state index in [1.807, 2.05) is 4.90 Å². The fraction of sp³-hybridized carbons (Fsp3) is 0.357. The molecule has 9 heteroatoms. The Kier molecular flexibility index (Phi) is 3.92. The first-order valence-corrected chi connectivity index (χ1v) is 7.19. The van der Waals surface area contributed by atoms with Crippen LogP contribution in [-0.4, -0.2) is 43.9 Å². The van der Waals surface area contributed by atoms with E-state index in [1.54, 1.807) is 23.0 Å². The molecule has 2 aromatic heterocycles. The number of pyridine rings is 1. The molecule has 1 N–H and O–H groups in total. The summed E-state index contributed by atoms with van der Waals surface area (Å²) in [4.78, 5) is 27.3. The highest BCUT2D eigenvalue weighted by molar-refractivity contribution is 5.85. The summed E-state index contributed by atoms with van der Waals surface area (Å²) in [6.07, 6.45) is 3.15.